The molecule has 0 unspecified atom stereocenters. The van der Waals surface area contributed by atoms with Gasteiger partial charge in [-0.25, -0.2) is 0 Å². The molecule has 0 aliphatic carbocycles. The fourth-order valence-electron chi connectivity index (χ4n) is 3.67. The Hall–Kier alpha value is -1.73. The van der Waals surface area contributed by atoms with E-state index >= 15 is 0 Å². The van der Waals surface area contributed by atoms with Gasteiger partial charge in [0, 0.05) is 39.8 Å². The Bertz CT molecular complexity index is 685. The Morgan fingerprint density at radius 1 is 1.12 bits per heavy atom. The van der Waals surface area contributed by atoms with Crippen LogP contribution < -0.4 is 0 Å². The van der Waals surface area contributed by atoms with E-state index in [1.165, 1.54) is 18.3 Å². The van der Waals surface area contributed by atoms with E-state index < -0.39 is 0 Å². The summed E-state index contributed by atoms with van der Waals surface area (Å²) >= 11 is 1.28. The minimum Gasteiger partial charge on any atom is -0.348 e. The fourth-order valence-corrected chi connectivity index (χ4v) is 4.53. The lowest BCUT2D eigenvalue weighted by Gasteiger charge is -2.36. The second kappa shape index (κ2) is 7.25. The van der Waals surface area contributed by atoms with Crippen molar-refractivity contribution in [1.29, 1.82) is 0 Å². The normalized spacial score (nSPS) is 23.4. The summed E-state index contributed by atoms with van der Waals surface area (Å²) in [4.78, 5) is 43.5. The number of likely N-dealkylation sites (N-methyl/N-ethyl adjacent to an activating group) is 1. The van der Waals surface area contributed by atoms with Gasteiger partial charge in [0.05, 0.1) is 16.3 Å². The van der Waals surface area contributed by atoms with Gasteiger partial charge in [-0.15, -0.1) is 11.3 Å². The fraction of sp³-hybridized carbons (Fsp3) is 0.611. The summed E-state index contributed by atoms with van der Waals surface area (Å²) in [6.45, 7) is 4.28. The van der Waals surface area contributed by atoms with Crippen molar-refractivity contribution < 1.29 is 14.4 Å². The van der Waals surface area contributed by atoms with E-state index in [2.05, 4.69) is 4.90 Å². The number of amides is 2. The lowest BCUT2D eigenvalue weighted by molar-refractivity contribution is -0.129. The zero-order valence-electron chi connectivity index (χ0n) is 15.0. The van der Waals surface area contributed by atoms with Crippen LogP contribution in [0.1, 0.15) is 39.1 Å². The monoisotopic (exact) mass is 363 g/mol. The average Bonchev–Trinajstić information content (AvgIpc) is 2.90. The van der Waals surface area contributed by atoms with Gasteiger partial charge >= 0.3 is 0 Å². The number of Topliss-reactive ketones (excluding diaryl/α,β-unsaturated/α-hetero) is 1. The molecule has 2 bridgehead atoms. The first-order chi connectivity index (χ1) is 11.8. The zero-order valence-corrected chi connectivity index (χ0v) is 15.8. The molecule has 6 nitrogen and oxygen atoms in total. The van der Waals surface area contributed by atoms with Gasteiger partial charge in [0.1, 0.15) is 0 Å². The number of hydrogen-bond donors (Lipinski definition) is 0. The molecule has 0 aromatic carbocycles. The van der Waals surface area contributed by atoms with Crippen LogP contribution in [0.4, 0.5) is 0 Å². The predicted molar refractivity (Wildman–Crippen MR) is 97.0 cm³/mol. The van der Waals surface area contributed by atoms with Gasteiger partial charge < -0.3 is 9.80 Å². The topological polar surface area (TPSA) is 60.9 Å². The SMILES string of the molecule is CC(=O)c1ccc(C(=O)N2C[C@H]3CC[C@@H]2CN(CC(=O)N(C)C)C3)s1. The van der Waals surface area contributed by atoms with Crippen LogP contribution in [-0.2, 0) is 4.79 Å². The van der Waals surface area contributed by atoms with Crippen molar-refractivity contribution in [3.05, 3.63) is 21.9 Å². The van der Waals surface area contributed by atoms with E-state index in [1.807, 2.05) is 4.90 Å². The molecule has 3 aliphatic rings. The Labute approximate surface area is 152 Å². The molecular weight excluding hydrogens is 338 g/mol. The first-order valence-electron chi connectivity index (χ1n) is 8.69. The van der Waals surface area contributed by atoms with Gasteiger partial charge in [-0.05, 0) is 37.8 Å². The summed E-state index contributed by atoms with van der Waals surface area (Å²) in [5.74, 6) is 0.524. The third kappa shape index (κ3) is 3.93. The molecule has 0 spiro atoms. The molecule has 3 fully saturated rings. The summed E-state index contributed by atoms with van der Waals surface area (Å²) in [5, 5.41) is 0. The molecular formula is C18H25N3O3S. The molecule has 136 valence electrons. The van der Waals surface area contributed by atoms with E-state index in [1.54, 1.807) is 31.1 Å². The lowest BCUT2D eigenvalue weighted by Crippen LogP contribution is -2.47. The van der Waals surface area contributed by atoms with Crippen LogP contribution in [-0.4, -0.2) is 78.6 Å². The van der Waals surface area contributed by atoms with E-state index in [-0.39, 0.29) is 23.6 Å². The van der Waals surface area contributed by atoms with E-state index in [4.69, 9.17) is 0 Å². The molecule has 0 N–H and O–H groups in total. The second-order valence-corrected chi connectivity index (χ2v) is 8.34. The van der Waals surface area contributed by atoms with Crippen LogP contribution in [0.15, 0.2) is 12.1 Å². The molecule has 3 aliphatic heterocycles. The first-order valence-corrected chi connectivity index (χ1v) is 9.51. The quantitative estimate of drug-likeness (QED) is 0.762. The van der Waals surface area contributed by atoms with Crippen LogP contribution in [0.3, 0.4) is 0 Å². The number of ketones is 1. The highest BCUT2D eigenvalue weighted by atomic mass is 32.1. The summed E-state index contributed by atoms with van der Waals surface area (Å²) in [5.41, 5.74) is 0. The summed E-state index contributed by atoms with van der Waals surface area (Å²) < 4.78 is 0. The van der Waals surface area contributed by atoms with Crippen molar-refractivity contribution in [3.63, 3.8) is 0 Å². The number of carbonyl (C=O) groups is 3. The molecule has 25 heavy (non-hydrogen) atoms. The average molecular weight is 363 g/mol. The van der Waals surface area contributed by atoms with Gasteiger partial charge in [0.2, 0.25) is 5.91 Å². The van der Waals surface area contributed by atoms with Gasteiger partial charge in [0.25, 0.3) is 5.91 Å². The Balaban J connectivity index is 1.72. The molecule has 0 radical (unpaired) electrons. The number of carbonyl (C=O) groups excluding carboxylic acids is 3. The molecule has 7 heteroatoms. The molecule has 4 rings (SSSR count). The largest absolute Gasteiger partial charge is 0.348 e. The highest BCUT2D eigenvalue weighted by molar-refractivity contribution is 7.15. The number of piperidine rings is 1. The maximum atomic E-state index is 12.9. The van der Waals surface area contributed by atoms with Crippen molar-refractivity contribution in [3.8, 4) is 0 Å². The number of thiophene rings is 1. The van der Waals surface area contributed by atoms with E-state index in [0.29, 0.717) is 22.2 Å². The minimum absolute atomic E-state index is 0.00481. The van der Waals surface area contributed by atoms with E-state index in [0.717, 1.165) is 32.5 Å². The molecule has 1 aromatic heterocycles. The smallest absolute Gasteiger partial charge is 0.264 e. The van der Waals surface area contributed by atoms with Crippen LogP contribution in [0.2, 0.25) is 0 Å². The molecule has 0 saturated carbocycles. The Morgan fingerprint density at radius 2 is 1.84 bits per heavy atom. The first kappa shape index (κ1) is 18.1. The standard InChI is InChI=1S/C18H25N3O3S/c1-12(22)15-6-7-16(25-15)18(24)21-9-13-4-5-14(21)10-20(8-13)11-17(23)19(2)3/h6-7,13-14H,4-5,8-11H2,1-3H3/t13-,14+/m0/s1. The second-order valence-electron chi connectivity index (χ2n) is 7.26. The number of fused-ring (bicyclic) bond motifs is 4. The summed E-state index contributed by atoms with van der Waals surface area (Å²) in [6.07, 6.45) is 2.08. The van der Waals surface area contributed by atoms with Crippen molar-refractivity contribution in [1.82, 2.24) is 14.7 Å². The van der Waals surface area contributed by atoms with Crippen LogP contribution in [0.5, 0.6) is 0 Å². The molecule has 2 amide bonds. The third-order valence-corrected chi connectivity index (χ3v) is 6.25. The van der Waals surface area contributed by atoms with Crippen molar-refractivity contribution in [2.75, 3.05) is 40.3 Å². The van der Waals surface area contributed by atoms with Crippen LogP contribution in [0.25, 0.3) is 0 Å². The maximum Gasteiger partial charge on any atom is 0.264 e. The van der Waals surface area contributed by atoms with Crippen molar-refractivity contribution in [2.24, 2.45) is 5.92 Å². The third-order valence-electron chi connectivity index (χ3n) is 5.07. The summed E-state index contributed by atoms with van der Waals surface area (Å²) in [7, 11) is 3.54. The number of hydrogen-bond acceptors (Lipinski definition) is 5. The van der Waals surface area contributed by atoms with Crippen molar-refractivity contribution >= 4 is 28.9 Å². The minimum atomic E-state index is -0.00481. The lowest BCUT2D eigenvalue weighted by atomic mass is 9.95. The van der Waals surface area contributed by atoms with Gasteiger partial charge in [0.15, 0.2) is 5.78 Å². The number of nitrogens with zero attached hydrogens (tertiary/aromatic N) is 3. The van der Waals surface area contributed by atoms with Gasteiger partial charge in [-0.3, -0.25) is 19.3 Å². The van der Waals surface area contributed by atoms with Gasteiger partial charge in [-0.2, -0.15) is 0 Å². The van der Waals surface area contributed by atoms with Crippen molar-refractivity contribution in [2.45, 2.75) is 25.8 Å². The Kier molecular flexibility index (Phi) is 5.24. The highest BCUT2D eigenvalue weighted by Crippen LogP contribution is 2.30. The maximum absolute atomic E-state index is 12.9. The molecule has 1 aromatic rings. The summed E-state index contributed by atoms with van der Waals surface area (Å²) in [6, 6.07) is 3.64. The highest BCUT2D eigenvalue weighted by Gasteiger charge is 2.38. The zero-order chi connectivity index (χ0) is 18.1. The Morgan fingerprint density at radius 3 is 2.48 bits per heavy atom. The van der Waals surface area contributed by atoms with Crippen LogP contribution in [0, 0.1) is 5.92 Å². The molecule has 3 saturated heterocycles. The van der Waals surface area contributed by atoms with Crippen LogP contribution >= 0.6 is 11.3 Å². The molecule has 4 heterocycles. The van der Waals surface area contributed by atoms with E-state index in [9.17, 15) is 14.4 Å². The predicted octanol–water partition coefficient (Wildman–Crippen LogP) is 1.58. The van der Waals surface area contributed by atoms with Gasteiger partial charge in [-0.1, -0.05) is 0 Å². The molecule has 2 atom stereocenters. The number of rotatable bonds is 4.